The van der Waals surface area contributed by atoms with Gasteiger partial charge in [-0.3, -0.25) is 9.78 Å². The molecule has 0 radical (unpaired) electrons. The highest BCUT2D eigenvalue weighted by Crippen LogP contribution is 2.30. The molecule has 1 aromatic heterocycles. The summed E-state index contributed by atoms with van der Waals surface area (Å²) in [4.78, 5) is 23.0. The number of ketones is 1. The average Bonchev–Trinajstić information content (AvgIpc) is 2.69. The Kier molecular flexibility index (Phi) is 5.97. The molecule has 2 aromatic carbocycles. The first-order chi connectivity index (χ1) is 14.1. The first-order valence-corrected chi connectivity index (χ1v) is 10.2. The monoisotopic (exact) mass is 402 g/mol. The number of carbonyl (C=O) groups is 1. The molecule has 0 amide bonds. The Labute approximate surface area is 178 Å². The summed E-state index contributed by atoms with van der Waals surface area (Å²) in [6, 6.07) is 18.0. The highest BCUT2D eigenvalue weighted by molar-refractivity contribution is 5.95. The Morgan fingerprint density at radius 1 is 0.933 bits per heavy atom. The van der Waals surface area contributed by atoms with Gasteiger partial charge in [-0.05, 0) is 23.6 Å². The van der Waals surface area contributed by atoms with Crippen LogP contribution in [0.25, 0.3) is 22.0 Å². The Morgan fingerprint density at radius 2 is 1.67 bits per heavy atom. The van der Waals surface area contributed by atoms with E-state index in [-0.39, 0.29) is 11.2 Å². The summed E-state index contributed by atoms with van der Waals surface area (Å²) in [7, 11) is 0. The number of fused-ring (bicyclic) bond motifs is 1. The zero-order chi connectivity index (χ0) is 21.9. The Bertz CT molecular complexity index is 1080. The fourth-order valence-corrected chi connectivity index (χ4v) is 2.92. The second-order valence-electron chi connectivity index (χ2n) is 9.53. The molecule has 3 aromatic rings. The molecule has 0 aliphatic rings. The van der Waals surface area contributed by atoms with Crippen molar-refractivity contribution in [1.82, 2.24) is 10.5 Å². The highest BCUT2D eigenvalue weighted by atomic mass is 16.6. The van der Waals surface area contributed by atoms with Gasteiger partial charge in [0.15, 0.2) is 11.5 Å². The van der Waals surface area contributed by atoms with Crippen molar-refractivity contribution in [3.05, 3.63) is 72.6 Å². The van der Waals surface area contributed by atoms with Gasteiger partial charge in [0.25, 0.3) is 0 Å². The molecule has 30 heavy (non-hydrogen) atoms. The fourth-order valence-electron chi connectivity index (χ4n) is 2.92. The number of hydroxylamine groups is 1. The molecule has 1 heterocycles. The first kappa shape index (κ1) is 21.6. The normalized spacial score (nSPS) is 12.7. The van der Waals surface area contributed by atoms with Gasteiger partial charge in [-0.15, -0.1) is 0 Å². The van der Waals surface area contributed by atoms with Crippen molar-refractivity contribution in [3.8, 4) is 17.0 Å². The summed E-state index contributed by atoms with van der Waals surface area (Å²) in [6.07, 6.45) is 3.47. The lowest BCUT2D eigenvalue weighted by Gasteiger charge is -2.25. The van der Waals surface area contributed by atoms with Crippen LogP contribution in [0.4, 0.5) is 0 Å². The number of hydrogen-bond acceptors (Lipinski definition) is 4. The van der Waals surface area contributed by atoms with Crippen molar-refractivity contribution in [2.45, 2.75) is 41.5 Å². The lowest BCUT2D eigenvalue weighted by molar-refractivity contribution is -0.121. The number of benzene rings is 2. The maximum Gasteiger partial charge on any atom is 0.162 e. The summed E-state index contributed by atoms with van der Waals surface area (Å²) in [5, 5.41) is 2.24. The van der Waals surface area contributed by atoms with Crippen molar-refractivity contribution in [3.63, 3.8) is 0 Å². The van der Waals surface area contributed by atoms with Gasteiger partial charge in [-0.25, -0.2) is 5.48 Å². The zero-order valence-corrected chi connectivity index (χ0v) is 18.6. The van der Waals surface area contributed by atoms with Crippen LogP contribution in [0, 0.1) is 10.8 Å². The quantitative estimate of drug-likeness (QED) is 0.400. The SMILES string of the molecule is CC(C)(C)C(=O)C=C(NOc1cccc(-c2nccc3ccccc23)c1)C(C)(C)C. The molecule has 0 saturated heterocycles. The summed E-state index contributed by atoms with van der Waals surface area (Å²) in [5.74, 6) is 0.706. The van der Waals surface area contributed by atoms with E-state index < -0.39 is 5.41 Å². The molecule has 0 spiro atoms. The average molecular weight is 403 g/mol. The number of nitrogens with one attached hydrogen (secondary N) is 1. The van der Waals surface area contributed by atoms with Gasteiger partial charge < -0.3 is 4.84 Å². The van der Waals surface area contributed by atoms with Crippen LogP contribution in [0.5, 0.6) is 5.75 Å². The molecule has 1 N–H and O–H groups in total. The third-order valence-corrected chi connectivity index (χ3v) is 4.88. The number of rotatable bonds is 5. The molecule has 4 nitrogen and oxygen atoms in total. The van der Waals surface area contributed by atoms with Crippen molar-refractivity contribution < 1.29 is 9.63 Å². The Morgan fingerprint density at radius 3 is 2.37 bits per heavy atom. The molecule has 0 bridgehead atoms. The molecule has 0 aliphatic carbocycles. The van der Waals surface area contributed by atoms with Gasteiger partial charge in [0, 0.05) is 34.1 Å². The third kappa shape index (κ3) is 5.07. The molecule has 3 rings (SSSR count). The van der Waals surface area contributed by atoms with E-state index in [0.717, 1.165) is 27.7 Å². The lowest BCUT2D eigenvalue weighted by atomic mass is 9.86. The van der Waals surface area contributed by atoms with E-state index in [0.29, 0.717) is 5.75 Å². The molecular weight excluding hydrogens is 372 g/mol. The van der Waals surface area contributed by atoms with Crippen LogP contribution in [0.2, 0.25) is 0 Å². The maximum atomic E-state index is 12.5. The van der Waals surface area contributed by atoms with Gasteiger partial charge >= 0.3 is 0 Å². The van der Waals surface area contributed by atoms with E-state index in [4.69, 9.17) is 4.84 Å². The van der Waals surface area contributed by atoms with Gasteiger partial charge in [0.1, 0.15) is 0 Å². The second-order valence-corrected chi connectivity index (χ2v) is 9.53. The summed E-state index contributed by atoms with van der Waals surface area (Å²) >= 11 is 0. The Balaban J connectivity index is 1.87. The molecule has 0 unspecified atom stereocenters. The van der Waals surface area contributed by atoms with Gasteiger partial charge in [-0.2, -0.15) is 0 Å². The van der Waals surface area contributed by atoms with E-state index >= 15 is 0 Å². The minimum Gasteiger partial charge on any atom is -0.382 e. The second kappa shape index (κ2) is 8.31. The van der Waals surface area contributed by atoms with E-state index in [2.05, 4.69) is 22.6 Å². The minimum absolute atomic E-state index is 0.0530. The van der Waals surface area contributed by atoms with E-state index in [1.807, 2.05) is 90.2 Å². The third-order valence-electron chi connectivity index (χ3n) is 4.88. The van der Waals surface area contributed by atoms with E-state index in [1.165, 1.54) is 0 Å². The topological polar surface area (TPSA) is 51.2 Å². The number of aromatic nitrogens is 1. The van der Waals surface area contributed by atoms with Crippen molar-refractivity contribution in [2.75, 3.05) is 0 Å². The molecule has 0 fully saturated rings. The van der Waals surface area contributed by atoms with Gasteiger partial charge in [0.05, 0.1) is 11.4 Å². The smallest absolute Gasteiger partial charge is 0.162 e. The molecular formula is C26H30N2O2. The lowest BCUT2D eigenvalue weighted by Crippen LogP contribution is -2.30. The number of hydrogen-bond donors (Lipinski definition) is 1. The largest absolute Gasteiger partial charge is 0.382 e. The number of allylic oxidation sites excluding steroid dienone is 2. The van der Waals surface area contributed by atoms with Crippen LogP contribution < -0.4 is 10.3 Å². The van der Waals surface area contributed by atoms with Crippen LogP contribution in [0.3, 0.4) is 0 Å². The molecule has 4 heteroatoms. The van der Waals surface area contributed by atoms with Crippen molar-refractivity contribution >= 4 is 16.6 Å². The Hall–Kier alpha value is -3.14. The van der Waals surface area contributed by atoms with E-state index in [9.17, 15) is 4.79 Å². The molecule has 0 atom stereocenters. The van der Waals surface area contributed by atoms with Crippen molar-refractivity contribution in [1.29, 1.82) is 0 Å². The molecule has 0 aliphatic heterocycles. The molecule has 0 saturated carbocycles. The number of nitrogens with zero attached hydrogens (tertiary/aromatic N) is 1. The molecule has 156 valence electrons. The standard InChI is InChI=1S/C26H30N2O2/c1-25(2,3)22(17-23(29)26(4,5)6)28-30-20-12-9-11-19(16-20)24-21-13-8-7-10-18(21)14-15-27-24/h7-17,28H,1-6H3. The van der Waals surface area contributed by atoms with Crippen LogP contribution in [0.15, 0.2) is 72.6 Å². The predicted octanol–water partition coefficient (Wildman–Crippen LogP) is 6.33. The summed E-state index contributed by atoms with van der Waals surface area (Å²) in [5.41, 5.74) is 4.91. The van der Waals surface area contributed by atoms with Crippen LogP contribution in [-0.4, -0.2) is 10.8 Å². The summed E-state index contributed by atoms with van der Waals surface area (Å²) < 4.78 is 0. The van der Waals surface area contributed by atoms with Crippen LogP contribution in [0.1, 0.15) is 41.5 Å². The van der Waals surface area contributed by atoms with Crippen LogP contribution >= 0.6 is 0 Å². The summed E-state index contributed by atoms with van der Waals surface area (Å²) in [6.45, 7) is 11.9. The first-order valence-electron chi connectivity index (χ1n) is 10.2. The number of pyridine rings is 1. The predicted molar refractivity (Wildman–Crippen MR) is 123 cm³/mol. The fraction of sp³-hybridized carbons (Fsp3) is 0.308. The zero-order valence-electron chi connectivity index (χ0n) is 18.6. The highest BCUT2D eigenvalue weighted by Gasteiger charge is 2.24. The maximum absolute atomic E-state index is 12.5. The van der Waals surface area contributed by atoms with Crippen LogP contribution in [-0.2, 0) is 4.79 Å². The van der Waals surface area contributed by atoms with Gasteiger partial charge in [-0.1, -0.05) is 77.9 Å². The number of carbonyl (C=O) groups excluding carboxylic acids is 1. The van der Waals surface area contributed by atoms with E-state index in [1.54, 1.807) is 6.08 Å². The van der Waals surface area contributed by atoms with Gasteiger partial charge in [0.2, 0.25) is 0 Å². The van der Waals surface area contributed by atoms with Crippen molar-refractivity contribution in [2.24, 2.45) is 10.8 Å². The minimum atomic E-state index is -0.446.